The van der Waals surface area contributed by atoms with Gasteiger partial charge in [-0.2, -0.15) is 0 Å². The number of aliphatic carboxylic acids is 1. The summed E-state index contributed by atoms with van der Waals surface area (Å²) in [5.74, 6) is -2.70. The molecule has 2 N–H and O–H groups in total. The smallest absolute Gasteiger partial charge is 0.323 e. The summed E-state index contributed by atoms with van der Waals surface area (Å²) in [4.78, 5) is 45.7. The lowest BCUT2D eigenvalue weighted by Crippen LogP contribution is -2.42. The monoisotopic (exact) mass is 343 g/mol. The molecule has 0 spiro atoms. The molecule has 10 heteroatoms. The lowest BCUT2D eigenvalue weighted by molar-refractivity contribution is -0.385. The molecular weight excluding hydrogens is 330 g/mol. The van der Waals surface area contributed by atoms with Gasteiger partial charge in [-0.25, -0.2) is 0 Å². The molecule has 1 aromatic rings. The number of amides is 2. The van der Waals surface area contributed by atoms with Crippen LogP contribution in [0, 0.1) is 10.1 Å². The summed E-state index contributed by atoms with van der Waals surface area (Å²) in [6, 6.07) is 3.76. The second kappa shape index (κ2) is 8.08. The van der Waals surface area contributed by atoms with E-state index in [2.05, 4.69) is 5.32 Å². The van der Waals surface area contributed by atoms with Crippen molar-refractivity contribution in [2.75, 3.05) is 19.6 Å². The molecule has 0 unspecified atom stereocenters. The Kier molecular flexibility index (Phi) is 6.46. The third kappa shape index (κ3) is 4.92. The number of hydrogen-bond acceptors (Lipinski definition) is 5. The quantitative estimate of drug-likeness (QED) is 0.559. The number of benzene rings is 1. The van der Waals surface area contributed by atoms with Gasteiger partial charge in [-0.1, -0.05) is 17.7 Å². The molecule has 0 aliphatic carbocycles. The van der Waals surface area contributed by atoms with Crippen molar-refractivity contribution in [3.8, 4) is 0 Å². The average Bonchev–Trinajstić information content (AvgIpc) is 2.49. The molecule has 0 aliphatic heterocycles. The molecule has 9 nitrogen and oxygen atoms in total. The van der Waals surface area contributed by atoms with Crippen LogP contribution in [-0.4, -0.2) is 52.3 Å². The third-order valence-corrected chi connectivity index (χ3v) is 3.19. The molecule has 124 valence electrons. The second-order valence-electron chi connectivity index (χ2n) is 4.38. The van der Waals surface area contributed by atoms with E-state index < -0.39 is 41.5 Å². The van der Waals surface area contributed by atoms with Crippen molar-refractivity contribution < 1.29 is 24.4 Å². The predicted octanol–water partition coefficient (Wildman–Crippen LogP) is 0.911. The van der Waals surface area contributed by atoms with Gasteiger partial charge in [0.1, 0.15) is 12.1 Å². The molecule has 1 rings (SSSR count). The topological polar surface area (TPSA) is 130 Å². The summed E-state index contributed by atoms with van der Waals surface area (Å²) in [6.45, 7) is 0.731. The highest BCUT2D eigenvalue weighted by atomic mass is 35.5. The summed E-state index contributed by atoms with van der Waals surface area (Å²) in [5, 5.41) is 21.7. The van der Waals surface area contributed by atoms with E-state index in [1.165, 1.54) is 12.1 Å². The standard InChI is InChI=1S/C13H14ClN3O6/c1-2-16(7-11(19)20)10(18)6-15-13(21)12-8(14)4-3-5-9(12)17(22)23/h3-5H,2,6-7H2,1H3,(H,15,21)(H,19,20). The van der Waals surface area contributed by atoms with E-state index in [0.29, 0.717) is 0 Å². The van der Waals surface area contributed by atoms with Crippen molar-refractivity contribution in [3.05, 3.63) is 38.9 Å². The minimum Gasteiger partial charge on any atom is -0.480 e. The number of nitro benzene ring substituents is 1. The van der Waals surface area contributed by atoms with Crippen molar-refractivity contribution in [1.82, 2.24) is 10.2 Å². The van der Waals surface area contributed by atoms with Gasteiger partial charge >= 0.3 is 5.97 Å². The average molecular weight is 344 g/mol. The number of carbonyl (C=O) groups excluding carboxylic acids is 2. The van der Waals surface area contributed by atoms with Gasteiger partial charge in [0, 0.05) is 12.6 Å². The Hall–Kier alpha value is -2.68. The van der Waals surface area contributed by atoms with Crippen LogP contribution >= 0.6 is 11.6 Å². The van der Waals surface area contributed by atoms with Crippen molar-refractivity contribution in [1.29, 1.82) is 0 Å². The SMILES string of the molecule is CCN(CC(=O)O)C(=O)CNC(=O)c1c(Cl)cccc1[N+](=O)[O-]. The predicted molar refractivity (Wildman–Crippen MR) is 80.3 cm³/mol. The number of carboxylic acids is 1. The van der Waals surface area contributed by atoms with Gasteiger partial charge in [-0.05, 0) is 13.0 Å². The van der Waals surface area contributed by atoms with E-state index >= 15 is 0 Å². The molecule has 0 aliphatic rings. The van der Waals surface area contributed by atoms with Gasteiger partial charge in [0.25, 0.3) is 11.6 Å². The van der Waals surface area contributed by atoms with Crippen molar-refractivity contribution in [2.45, 2.75) is 6.92 Å². The first kappa shape index (κ1) is 18.4. The number of rotatable bonds is 7. The highest BCUT2D eigenvalue weighted by Gasteiger charge is 2.24. The first-order valence-corrected chi connectivity index (χ1v) is 6.86. The van der Waals surface area contributed by atoms with E-state index in [0.717, 1.165) is 11.0 Å². The van der Waals surface area contributed by atoms with E-state index in [1.54, 1.807) is 6.92 Å². The van der Waals surface area contributed by atoms with Crippen LogP contribution in [0.1, 0.15) is 17.3 Å². The maximum Gasteiger partial charge on any atom is 0.323 e. The van der Waals surface area contributed by atoms with Gasteiger partial charge < -0.3 is 15.3 Å². The zero-order valence-electron chi connectivity index (χ0n) is 12.1. The fourth-order valence-electron chi connectivity index (χ4n) is 1.79. The molecule has 0 saturated carbocycles. The Morgan fingerprint density at radius 2 is 2.04 bits per heavy atom. The molecule has 23 heavy (non-hydrogen) atoms. The van der Waals surface area contributed by atoms with E-state index in [1.807, 2.05) is 0 Å². The number of halogens is 1. The zero-order valence-corrected chi connectivity index (χ0v) is 12.9. The molecule has 0 atom stereocenters. The number of nitrogens with zero attached hydrogens (tertiary/aromatic N) is 2. The van der Waals surface area contributed by atoms with Crippen LogP contribution < -0.4 is 5.32 Å². The first-order valence-electron chi connectivity index (χ1n) is 6.48. The number of likely N-dealkylation sites (N-methyl/N-ethyl adjacent to an activating group) is 1. The lowest BCUT2D eigenvalue weighted by atomic mass is 10.1. The van der Waals surface area contributed by atoms with Crippen molar-refractivity contribution in [2.24, 2.45) is 0 Å². The van der Waals surface area contributed by atoms with E-state index in [-0.39, 0.29) is 17.1 Å². The highest BCUT2D eigenvalue weighted by molar-refractivity contribution is 6.34. The minimum atomic E-state index is -1.19. The highest BCUT2D eigenvalue weighted by Crippen LogP contribution is 2.25. The van der Waals surface area contributed by atoms with Crippen LogP contribution in [0.2, 0.25) is 5.02 Å². The maximum absolute atomic E-state index is 12.0. The molecule has 0 fully saturated rings. The van der Waals surface area contributed by atoms with E-state index in [4.69, 9.17) is 16.7 Å². The second-order valence-corrected chi connectivity index (χ2v) is 4.78. The molecule has 1 aromatic carbocycles. The minimum absolute atomic E-state index is 0.123. The molecule has 0 heterocycles. The number of carbonyl (C=O) groups is 3. The summed E-state index contributed by atoms with van der Waals surface area (Å²) < 4.78 is 0. The third-order valence-electron chi connectivity index (χ3n) is 2.88. The van der Waals surface area contributed by atoms with Crippen LogP contribution in [0.25, 0.3) is 0 Å². The van der Waals surface area contributed by atoms with Crippen molar-refractivity contribution in [3.63, 3.8) is 0 Å². The fraction of sp³-hybridized carbons (Fsp3) is 0.308. The van der Waals surface area contributed by atoms with Crippen LogP contribution in [0.4, 0.5) is 5.69 Å². The van der Waals surface area contributed by atoms with Gasteiger partial charge in [0.05, 0.1) is 16.5 Å². The fourth-order valence-corrected chi connectivity index (χ4v) is 2.04. The van der Waals surface area contributed by atoms with Crippen LogP contribution in [-0.2, 0) is 9.59 Å². The summed E-state index contributed by atoms with van der Waals surface area (Å²) in [6.07, 6.45) is 0. The molecule has 0 bridgehead atoms. The van der Waals surface area contributed by atoms with Gasteiger partial charge in [0.2, 0.25) is 5.91 Å². The van der Waals surface area contributed by atoms with E-state index in [9.17, 15) is 24.5 Å². The Balaban J connectivity index is 2.83. The van der Waals surface area contributed by atoms with Gasteiger partial charge in [0.15, 0.2) is 0 Å². The Labute approximate surface area is 136 Å². The molecule has 0 radical (unpaired) electrons. The molecule has 2 amide bonds. The largest absolute Gasteiger partial charge is 0.480 e. The van der Waals surface area contributed by atoms with Gasteiger partial charge in [-0.3, -0.25) is 24.5 Å². The van der Waals surface area contributed by atoms with Crippen LogP contribution in [0.15, 0.2) is 18.2 Å². The van der Waals surface area contributed by atoms with Crippen molar-refractivity contribution >= 4 is 35.1 Å². The first-order chi connectivity index (χ1) is 10.8. The summed E-state index contributed by atoms with van der Waals surface area (Å²) in [7, 11) is 0. The normalized spacial score (nSPS) is 10.0. The molecule has 0 aromatic heterocycles. The summed E-state index contributed by atoms with van der Waals surface area (Å²) in [5.41, 5.74) is -0.839. The Morgan fingerprint density at radius 3 is 2.57 bits per heavy atom. The Morgan fingerprint density at radius 1 is 1.39 bits per heavy atom. The van der Waals surface area contributed by atoms with Crippen LogP contribution in [0.5, 0.6) is 0 Å². The zero-order chi connectivity index (χ0) is 17.6. The number of hydrogen-bond donors (Lipinski definition) is 2. The number of nitro groups is 1. The summed E-state index contributed by atoms with van der Waals surface area (Å²) >= 11 is 5.80. The number of nitrogens with one attached hydrogen (secondary N) is 1. The Bertz CT molecular complexity index is 649. The van der Waals surface area contributed by atoms with Crippen LogP contribution in [0.3, 0.4) is 0 Å². The maximum atomic E-state index is 12.0. The molecular formula is C13H14ClN3O6. The molecule has 0 saturated heterocycles. The van der Waals surface area contributed by atoms with Gasteiger partial charge in [-0.15, -0.1) is 0 Å². The number of carboxylic acid groups (broad SMARTS) is 1. The lowest BCUT2D eigenvalue weighted by Gasteiger charge is -2.18.